The number of fused-ring (bicyclic) bond motifs is 1. The average molecular weight is 436 g/mol. The van der Waals surface area contributed by atoms with E-state index in [0.717, 1.165) is 6.07 Å². The number of hydrogen-bond donors (Lipinski definition) is 1. The summed E-state index contributed by atoms with van der Waals surface area (Å²) in [7, 11) is -2.63. The number of pyridine rings is 1. The molecule has 3 aromatic rings. The molecule has 9 heteroatoms. The zero-order chi connectivity index (χ0) is 22.1. The largest absolute Gasteiger partial charge is 0.363 e. The van der Waals surface area contributed by atoms with Crippen LogP contribution in [0.3, 0.4) is 0 Å². The van der Waals surface area contributed by atoms with Crippen LogP contribution in [0.1, 0.15) is 50.2 Å². The van der Waals surface area contributed by atoms with E-state index in [0.29, 0.717) is 40.3 Å². The quantitative estimate of drug-likeness (QED) is 0.488. The molecule has 0 aliphatic heterocycles. The molecule has 160 valence electrons. The Morgan fingerprint density at radius 1 is 1.13 bits per heavy atom. The zero-order valence-corrected chi connectivity index (χ0v) is 18.2. The number of rotatable bonds is 7. The molecule has 0 saturated carbocycles. The summed E-state index contributed by atoms with van der Waals surface area (Å²) >= 11 is 0. The summed E-state index contributed by atoms with van der Waals surface area (Å²) < 4.78 is 53.8. The van der Waals surface area contributed by atoms with Gasteiger partial charge in [-0.15, -0.1) is 0 Å². The molecule has 0 radical (unpaired) electrons. The molecule has 0 saturated heterocycles. The van der Waals surface area contributed by atoms with Crippen LogP contribution in [0.2, 0.25) is 0 Å². The van der Waals surface area contributed by atoms with Crippen molar-refractivity contribution in [1.82, 2.24) is 15.0 Å². The number of anilines is 1. The lowest BCUT2D eigenvalue weighted by molar-refractivity contribution is 0.146. The van der Waals surface area contributed by atoms with Gasteiger partial charge in [-0.2, -0.15) is 0 Å². The molecule has 2 aromatic heterocycles. The van der Waals surface area contributed by atoms with Crippen molar-refractivity contribution < 1.29 is 17.7 Å². The monoisotopic (exact) mass is 436 g/mol. The summed E-state index contributed by atoms with van der Waals surface area (Å²) in [5.74, 6) is -0.0524. The van der Waals surface area contributed by atoms with Gasteiger partial charge in [-0.1, -0.05) is 32.0 Å². The second-order valence-corrected chi connectivity index (χ2v) is 10.6. The lowest BCUT2D eigenvalue weighted by Gasteiger charge is -2.19. The van der Waals surface area contributed by atoms with Gasteiger partial charge in [0, 0.05) is 23.3 Å². The van der Waals surface area contributed by atoms with E-state index >= 15 is 0 Å². The molecule has 0 aliphatic rings. The molecular weight excluding hydrogens is 412 g/mol. The van der Waals surface area contributed by atoms with Crippen molar-refractivity contribution in [1.29, 1.82) is 0 Å². The second-order valence-electron chi connectivity index (χ2n) is 7.12. The number of alkyl halides is 2. The highest BCUT2D eigenvalue weighted by molar-refractivity contribution is 7.71. The van der Waals surface area contributed by atoms with Crippen molar-refractivity contribution in [3.8, 4) is 0 Å². The van der Waals surface area contributed by atoms with Crippen LogP contribution in [0.15, 0.2) is 30.5 Å². The van der Waals surface area contributed by atoms with E-state index in [9.17, 15) is 17.7 Å². The van der Waals surface area contributed by atoms with E-state index in [1.165, 1.54) is 12.1 Å². The molecule has 0 aliphatic carbocycles. The fourth-order valence-corrected chi connectivity index (χ4v) is 5.10. The third kappa shape index (κ3) is 4.19. The minimum Gasteiger partial charge on any atom is -0.363 e. The lowest BCUT2D eigenvalue weighted by Crippen LogP contribution is -2.15. The maximum atomic E-state index is 14.6. The first-order chi connectivity index (χ1) is 14.2. The molecule has 0 amide bonds. The van der Waals surface area contributed by atoms with Crippen molar-refractivity contribution in [2.45, 2.75) is 40.2 Å². The van der Waals surface area contributed by atoms with Crippen LogP contribution in [0.25, 0.3) is 10.9 Å². The Kier molecular flexibility index (Phi) is 6.46. The summed E-state index contributed by atoms with van der Waals surface area (Å²) in [5, 5.41) is 3.71. The Morgan fingerprint density at radius 2 is 1.80 bits per heavy atom. The molecule has 0 bridgehead atoms. The topological polar surface area (TPSA) is 67.8 Å². The fraction of sp³-hybridized carbons (Fsp3) is 0.381. The predicted molar refractivity (Wildman–Crippen MR) is 114 cm³/mol. The van der Waals surface area contributed by atoms with E-state index in [-0.39, 0.29) is 5.56 Å². The highest BCUT2D eigenvalue weighted by Crippen LogP contribution is 2.43. The van der Waals surface area contributed by atoms with Gasteiger partial charge in [-0.05, 0) is 19.9 Å². The molecule has 1 N–H and O–H groups in total. The van der Waals surface area contributed by atoms with Gasteiger partial charge in [0.05, 0.1) is 23.3 Å². The average Bonchev–Trinajstić information content (AvgIpc) is 2.72. The van der Waals surface area contributed by atoms with E-state index in [2.05, 4.69) is 20.3 Å². The molecule has 1 aromatic carbocycles. The predicted octanol–water partition coefficient (Wildman–Crippen LogP) is 5.61. The van der Waals surface area contributed by atoms with Crippen molar-refractivity contribution in [2.24, 2.45) is 0 Å². The van der Waals surface area contributed by atoms with Gasteiger partial charge in [-0.25, -0.2) is 23.1 Å². The lowest BCUT2D eigenvalue weighted by atomic mass is 10.0. The number of halogens is 3. The maximum absolute atomic E-state index is 14.6. The van der Waals surface area contributed by atoms with Gasteiger partial charge in [0.25, 0.3) is 6.43 Å². The van der Waals surface area contributed by atoms with Crippen LogP contribution >= 0.6 is 7.14 Å². The molecule has 30 heavy (non-hydrogen) atoms. The molecule has 3 rings (SSSR count). The van der Waals surface area contributed by atoms with Crippen LogP contribution < -0.4 is 10.8 Å². The van der Waals surface area contributed by atoms with Gasteiger partial charge < -0.3 is 9.88 Å². The fourth-order valence-electron chi connectivity index (χ4n) is 3.37. The third-order valence-electron chi connectivity index (χ3n) is 5.23. The van der Waals surface area contributed by atoms with Gasteiger partial charge in [0.15, 0.2) is 0 Å². The number of nitrogens with one attached hydrogen (secondary N) is 1. The molecule has 2 heterocycles. The van der Waals surface area contributed by atoms with Gasteiger partial charge >= 0.3 is 0 Å². The van der Waals surface area contributed by atoms with Crippen molar-refractivity contribution in [3.63, 3.8) is 0 Å². The molecule has 1 atom stereocenters. The molecule has 1 unspecified atom stereocenters. The highest BCUT2D eigenvalue weighted by atomic mass is 31.2. The molecule has 5 nitrogen and oxygen atoms in total. The van der Waals surface area contributed by atoms with Crippen molar-refractivity contribution in [2.75, 3.05) is 17.6 Å². The highest BCUT2D eigenvalue weighted by Gasteiger charge is 2.24. The summed E-state index contributed by atoms with van der Waals surface area (Å²) in [6, 6.07) is 5.02. The Labute approximate surface area is 173 Å². The first kappa shape index (κ1) is 22.2. The Morgan fingerprint density at radius 3 is 2.43 bits per heavy atom. The Balaban J connectivity index is 2.07. The molecule has 0 spiro atoms. The van der Waals surface area contributed by atoms with E-state index < -0.39 is 31.0 Å². The van der Waals surface area contributed by atoms with E-state index in [1.54, 1.807) is 26.1 Å². The Hall–Kier alpha value is -2.47. The van der Waals surface area contributed by atoms with Gasteiger partial charge in [0.2, 0.25) is 0 Å². The first-order valence-electron chi connectivity index (χ1n) is 9.76. The third-order valence-corrected chi connectivity index (χ3v) is 8.35. The SMILES string of the molecule is CCP(=O)(CC)c1cc2c(NC(C)c3cccc(C(F)F)c3F)nc(C)nc2cn1. The van der Waals surface area contributed by atoms with Crippen molar-refractivity contribution in [3.05, 3.63) is 53.2 Å². The normalized spacial score (nSPS) is 13.1. The molecular formula is C21H24F3N4OP. The van der Waals surface area contributed by atoms with Crippen LogP contribution in [-0.4, -0.2) is 27.3 Å². The van der Waals surface area contributed by atoms with E-state index in [4.69, 9.17) is 0 Å². The van der Waals surface area contributed by atoms with Gasteiger partial charge in [0.1, 0.15) is 30.0 Å². The second kappa shape index (κ2) is 8.72. The van der Waals surface area contributed by atoms with Crippen LogP contribution in [-0.2, 0) is 4.57 Å². The summed E-state index contributed by atoms with van der Waals surface area (Å²) in [6.07, 6.45) is -0.366. The number of nitrogens with zero attached hydrogens (tertiary/aromatic N) is 3. The first-order valence-corrected chi connectivity index (χ1v) is 11.8. The van der Waals surface area contributed by atoms with E-state index in [1.807, 2.05) is 13.8 Å². The molecule has 0 fully saturated rings. The number of aromatic nitrogens is 3. The standard InChI is InChI=1S/C21H24F3N4OP/c1-5-30(29,6-2)18-10-16-17(11-25-18)27-13(4)28-21(16)26-12(3)14-8-7-9-15(19(14)22)20(23)24/h7-12,20H,5-6H2,1-4H3,(H,26,27,28). The smallest absolute Gasteiger partial charge is 0.266 e. The van der Waals surface area contributed by atoms with Crippen LogP contribution in [0.4, 0.5) is 19.0 Å². The number of hydrogen-bond acceptors (Lipinski definition) is 5. The van der Waals surface area contributed by atoms with Gasteiger partial charge in [-0.3, -0.25) is 4.98 Å². The number of aryl methyl sites for hydroxylation is 1. The minimum atomic E-state index is -2.90. The Bertz CT molecular complexity index is 1110. The summed E-state index contributed by atoms with van der Waals surface area (Å²) in [5.41, 5.74) is 0.526. The van der Waals surface area contributed by atoms with Crippen molar-refractivity contribution >= 4 is 29.3 Å². The zero-order valence-electron chi connectivity index (χ0n) is 17.3. The summed E-state index contributed by atoms with van der Waals surface area (Å²) in [4.78, 5) is 13.1. The number of benzene rings is 1. The van der Waals surface area contributed by atoms with Crippen LogP contribution in [0.5, 0.6) is 0 Å². The summed E-state index contributed by atoms with van der Waals surface area (Å²) in [6.45, 7) is 7.11. The van der Waals surface area contributed by atoms with Crippen LogP contribution in [0, 0.1) is 12.7 Å². The maximum Gasteiger partial charge on any atom is 0.266 e. The minimum absolute atomic E-state index is 0.110.